The van der Waals surface area contributed by atoms with Gasteiger partial charge in [-0.05, 0) is 56.5 Å². The number of benzene rings is 2. The topological polar surface area (TPSA) is 103 Å². The largest absolute Gasteiger partial charge is 0.454 e. The second kappa shape index (κ2) is 8.35. The van der Waals surface area contributed by atoms with Crippen molar-refractivity contribution < 1.29 is 22.7 Å². The smallest absolute Gasteiger partial charge is 0.268 e. The Bertz CT molecular complexity index is 1380. The van der Waals surface area contributed by atoms with Gasteiger partial charge >= 0.3 is 0 Å². The summed E-state index contributed by atoms with van der Waals surface area (Å²) < 4.78 is 40.7. The first kappa shape index (κ1) is 22.3. The van der Waals surface area contributed by atoms with Crippen molar-refractivity contribution in [2.75, 3.05) is 17.6 Å². The summed E-state index contributed by atoms with van der Waals surface area (Å²) in [6.45, 7) is 5.70. The van der Waals surface area contributed by atoms with Crippen LogP contribution in [-0.2, 0) is 27.8 Å². The zero-order valence-corrected chi connectivity index (χ0v) is 20.1. The summed E-state index contributed by atoms with van der Waals surface area (Å²) in [4.78, 5) is 12.9. The molecular weight excluding hydrogens is 456 g/mol. The first-order valence-electron chi connectivity index (χ1n) is 11.1. The Labute approximate surface area is 198 Å². The van der Waals surface area contributed by atoms with Gasteiger partial charge in [0.15, 0.2) is 11.5 Å². The lowest BCUT2D eigenvalue weighted by Crippen LogP contribution is -2.31. The second-order valence-electron chi connectivity index (χ2n) is 8.52. The van der Waals surface area contributed by atoms with Gasteiger partial charge in [-0.25, -0.2) is 8.42 Å². The number of para-hydroxylation sites is 1. The van der Waals surface area contributed by atoms with Gasteiger partial charge in [-0.3, -0.25) is 13.8 Å². The molecule has 1 amide bonds. The van der Waals surface area contributed by atoms with Gasteiger partial charge < -0.3 is 14.8 Å². The van der Waals surface area contributed by atoms with E-state index in [0.717, 1.165) is 11.1 Å². The van der Waals surface area contributed by atoms with Crippen molar-refractivity contribution >= 4 is 21.6 Å². The molecule has 0 spiro atoms. The van der Waals surface area contributed by atoms with Crippen molar-refractivity contribution in [1.29, 1.82) is 0 Å². The van der Waals surface area contributed by atoms with Crippen LogP contribution in [0.1, 0.15) is 35.5 Å². The molecule has 2 aromatic carbocycles. The van der Waals surface area contributed by atoms with Crippen LogP contribution in [0.15, 0.2) is 47.4 Å². The van der Waals surface area contributed by atoms with Gasteiger partial charge in [-0.15, -0.1) is 0 Å². The van der Waals surface area contributed by atoms with Crippen molar-refractivity contribution in [3.63, 3.8) is 0 Å². The number of anilines is 1. The summed E-state index contributed by atoms with van der Waals surface area (Å²) in [6.07, 6.45) is 0.668. The lowest BCUT2D eigenvalue weighted by atomic mass is 10.1. The normalized spacial score (nSPS) is 15.3. The Balaban J connectivity index is 1.34. The molecule has 1 aromatic heterocycles. The highest BCUT2D eigenvalue weighted by Gasteiger charge is 2.35. The van der Waals surface area contributed by atoms with E-state index in [1.54, 1.807) is 13.8 Å². The minimum atomic E-state index is -3.81. The molecule has 0 saturated carbocycles. The number of hydrogen-bond acceptors (Lipinski definition) is 6. The minimum Gasteiger partial charge on any atom is -0.454 e. The maximum Gasteiger partial charge on any atom is 0.268 e. The van der Waals surface area contributed by atoms with E-state index in [4.69, 9.17) is 9.47 Å². The van der Waals surface area contributed by atoms with Crippen molar-refractivity contribution in [2.24, 2.45) is 0 Å². The fourth-order valence-corrected chi connectivity index (χ4v) is 6.45. The summed E-state index contributed by atoms with van der Waals surface area (Å²) in [5.74, 6) is 1.06. The predicted molar refractivity (Wildman–Crippen MR) is 126 cm³/mol. The number of carbonyl (C=O) groups is 1. The molecule has 1 atom stereocenters. The molecule has 0 saturated heterocycles. The first-order valence-corrected chi connectivity index (χ1v) is 12.5. The Hall–Kier alpha value is -3.53. The monoisotopic (exact) mass is 482 g/mol. The number of nitrogens with zero attached hydrogens (tertiary/aromatic N) is 3. The van der Waals surface area contributed by atoms with Gasteiger partial charge in [0.1, 0.15) is 11.4 Å². The molecular formula is C24H26N4O5S. The SMILES string of the molecule is Cc1nn(CC(=O)N[C@H](C)c2ccc3c(c2)OCO3)c(C)c1S(=O)(=O)N1CCc2ccccc21. The van der Waals surface area contributed by atoms with Crippen LogP contribution in [0.4, 0.5) is 5.69 Å². The van der Waals surface area contributed by atoms with Crippen molar-refractivity contribution in [3.05, 3.63) is 65.0 Å². The number of rotatable bonds is 6. The molecule has 9 nitrogen and oxygen atoms in total. The van der Waals surface area contributed by atoms with Crippen LogP contribution >= 0.6 is 0 Å². The molecule has 3 heterocycles. The van der Waals surface area contributed by atoms with E-state index in [-0.39, 0.29) is 30.2 Å². The van der Waals surface area contributed by atoms with Crippen molar-refractivity contribution in [3.8, 4) is 11.5 Å². The van der Waals surface area contributed by atoms with Gasteiger partial charge in [0.2, 0.25) is 12.7 Å². The van der Waals surface area contributed by atoms with E-state index >= 15 is 0 Å². The highest BCUT2D eigenvalue weighted by molar-refractivity contribution is 7.93. The third-order valence-corrected chi connectivity index (χ3v) is 8.34. The fourth-order valence-electron chi connectivity index (χ4n) is 4.56. The third kappa shape index (κ3) is 3.77. The predicted octanol–water partition coefficient (Wildman–Crippen LogP) is 2.86. The maximum absolute atomic E-state index is 13.5. The number of carbonyl (C=O) groups excluding carboxylic acids is 1. The van der Waals surface area contributed by atoms with Crippen LogP contribution in [0.25, 0.3) is 0 Å². The van der Waals surface area contributed by atoms with E-state index in [9.17, 15) is 13.2 Å². The summed E-state index contributed by atoms with van der Waals surface area (Å²) in [5.41, 5.74) is 3.39. The Morgan fingerprint density at radius 1 is 1.15 bits per heavy atom. The minimum absolute atomic E-state index is 0.0896. The number of hydrogen-bond donors (Lipinski definition) is 1. The number of sulfonamides is 1. The fraction of sp³-hybridized carbons (Fsp3) is 0.333. The molecule has 0 aliphatic carbocycles. The Morgan fingerprint density at radius 3 is 2.74 bits per heavy atom. The van der Waals surface area contributed by atoms with Gasteiger partial charge in [-0.2, -0.15) is 5.10 Å². The highest BCUT2D eigenvalue weighted by atomic mass is 32.2. The van der Waals surface area contributed by atoms with E-state index in [1.807, 2.05) is 49.4 Å². The molecule has 3 aromatic rings. The molecule has 0 unspecified atom stereocenters. The van der Waals surface area contributed by atoms with Crippen LogP contribution in [0.2, 0.25) is 0 Å². The average Bonchev–Trinajstić information content (AvgIpc) is 3.50. The number of aromatic nitrogens is 2. The molecule has 10 heteroatoms. The van der Waals surface area contributed by atoms with Gasteiger partial charge in [0, 0.05) is 6.54 Å². The van der Waals surface area contributed by atoms with Crippen LogP contribution < -0.4 is 19.1 Å². The Morgan fingerprint density at radius 2 is 1.91 bits per heavy atom. The molecule has 0 radical (unpaired) electrons. The molecule has 0 bridgehead atoms. The quantitative estimate of drug-likeness (QED) is 0.580. The maximum atomic E-state index is 13.5. The number of aryl methyl sites for hydroxylation is 1. The lowest BCUT2D eigenvalue weighted by Gasteiger charge is -2.20. The van der Waals surface area contributed by atoms with Crippen LogP contribution in [-0.4, -0.2) is 37.4 Å². The summed E-state index contributed by atoms with van der Waals surface area (Å²) >= 11 is 0. The first-order chi connectivity index (χ1) is 16.3. The van der Waals surface area contributed by atoms with Crippen LogP contribution in [0.5, 0.6) is 11.5 Å². The van der Waals surface area contributed by atoms with E-state index < -0.39 is 10.0 Å². The number of nitrogens with one attached hydrogen (secondary N) is 1. The van der Waals surface area contributed by atoms with E-state index in [0.29, 0.717) is 41.5 Å². The van der Waals surface area contributed by atoms with E-state index in [2.05, 4.69) is 10.4 Å². The zero-order valence-electron chi connectivity index (χ0n) is 19.2. The van der Waals surface area contributed by atoms with Gasteiger partial charge in [0.25, 0.3) is 10.0 Å². The standard InChI is InChI=1S/C24H26N4O5S/c1-15(19-8-9-21-22(12-19)33-14-32-21)25-23(29)13-27-17(3)24(16(2)26-27)34(30,31)28-11-10-18-6-4-5-7-20(18)28/h4-9,12,15H,10-11,13-14H2,1-3H3,(H,25,29)/t15-/m1/s1. The number of fused-ring (bicyclic) bond motifs is 2. The molecule has 2 aliphatic heterocycles. The van der Waals surface area contributed by atoms with Crippen molar-refractivity contribution in [2.45, 2.75) is 44.7 Å². The Kier molecular flexibility index (Phi) is 5.47. The number of amides is 1. The van der Waals surface area contributed by atoms with Crippen LogP contribution in [0, 0.1) is 13.8 Å². The van der Waals surface area contributed by atoms with Gasteiger partial charge in [0.05, 0.1) is 23.1 Å². The van der Waals surface area contributed by atoms with Crippen LogP contribution in [0.3, 0.4) is 0 Å². The molecule has 2 aliphatic rings. The lowest BCUT2D eigenvalue weighted by molar-refractivity contribution is -0.122. The highest BCUT2D eigenvalue weighted by Crippen LogP contribution is 2.35. The molecule has 0 fully saturated rings. The molecule has 34 heavy (non-hydrogen) atoms. The number of ether oxygens (including phenoxy) is 2. The third-order valence-electron chi connectivity index (χ3n) is 6.28. The van der Waals surface area contributed by atoms with Gasteiger partial charge in [-0.1, -0.05) is 24.3 Å². The summed E-state index contributed by atoms with van der Waals surface area (Å²) in [5, 5.41) is 7.33. The molecule has 5 rings (SSSR count). The average molecular weight is 483 g/mol. The summed E-state index contributed by atoms with van der Waals surface area (Å²) in [6, 6.07) is 12.8. The summed E-state index contributed by atoms with van der Waals surface area (Å²) in [7, 11) is -3.81. The molecule has 178 valence electrons. The van der Waals surface area contributed by atoms with Crippen molar-refractivity contribution in [1.82, 2.24) is 15.1 Å². The zero-order chi connectivity index (χ0) is 24.0. The second-order valence-corrected chi connectivity index (χ2v) is 10.3. The molecule has 1 N–H and O–H groups in total. The van der Waals surface area contributed by atoms with E-state index in [1.165, 1.54) is 8.99 Å².